The van der Waals surface area contributed by atoms with E-state index >= 15 is 0 Å². The molecule has 2 aromatic carbocycles. The summed E-state index contributed by atoms with van der Waals surface area (Å²) in [5.41, 5.74) is 3.95. The van der Waals surface area contributed by atoms with Crippen molar-refractivity contribution >= 4 is 27.5 Å². The second kappa shape index (κ2) is 3.63. The Bertz CT molecular complexity index is 841. The van der Waals surface area contributed by atoms with Gasteiger partial charge in [0, 0.05) is 16.5 Å². The smallest absolute Gasteiger partial charge is 0.0540 e. The van der Waals surface area contributed by atoms with E-state index in [0.717, 1.165) is 11.8 Å². The number of rotatable bonds is 1. The monoisotopic (exact) mass is 257 g/mol. The summed E-state index contributed by atoms with van der Waals surface area (Å²) in [5.74, 6) is 1.58. The van der Waals surface area contributed by atoms with Gasteiger partial charge in [-0.2, -0.15) is 0 Å². The molecule has 0 saturated heterocycles. The van der Waals surface area contributed by atoms with Crippen LogP contribution >= 0.6 is 0 Å². The van der Waals surface area contributed by atoms with Crippen LogP contribution < -0.4 is 0 Å². The van der Waals surface area contributed by atoms with Crippen molar-refractivity contribution < 1.29 is 0 Å². The molecular weight excluding hydrogens is 242 g/mol. The van der Waals surface area contributed by atoms with Crippen molar-refractivity contribution in [2.45, 2.75) is 6.42 Å². The van der Waals surface area contributed by atoms with E-state index in [9.17, 15) is 0 Å². The van der Waals surface area contributed by atoms with Gasteiger partial charge in [-0.05, 0) is 36.5 Å². The molecule has 2 aliphatic carbocycles. The summed E-state index contributed by atoms with van der Waals surface area (Å²) in [6.07, 6.45) is 8.46. The maximum atomic E-state index is 2.45. The Kier molecular flexibility index (Phi) is 1.91. The zero-order valence-corrected chi connectivity index (χ0v) is 11.2. The van der Waals surface area contributed by atoms with Crippen LogP contribution in [0.2, 0.25) is 0 Å². The first-order valence-electron chi connectivity index (χ1n) is 7.30. The van der Waals surface area contributed by atoms with Gasteiger partial charge < -0.3 is 4.57 Å². The molecule has 0 aliphatic heterocycles. The van der Waals surface area contributed by atoms with Crippen molar-refractivity contribution in [3.8, 4) is 0 Å². The maximum absolute atomic E-state index is 2.45. The molecule has 1 aromatic heterocycles. The molecule has 0 spiro atoms. The number of benzene rings is 2. The molecule has 0 bridgehead atoms. The Labute approximate surface area is 117 Å². The zero-order chi connectivity index (χ0) is 13.1. The van der Waals surface area contributed by atoms with Gasteiger partial charge in [-0.1, -0.05) is 48.6 Å². The quantitative estimate of drug-likeness (QED) is 0.587. The predicted molar refractivity (Wildman–Crippen MR) is 84.5 cm³/mol. The van der Waals surface area contributed by atoms with Gasteiger partial charge in [0.1, 0.15) is 0 Å². The predicted octanol–water partition coefficient (Wildman–Crippen LogP) is 4.84. The van der Waals surface area contributed by atoms with Crippen molar-refractivity contribution in [2.24, 2.45) is 11.8 Å². The topological polar surface area (TPSA) is 4.93 Å². The fourth-order valence-corrected chi connectivity index (χ4v) is 3.50. The zero-order valence-electron chi connectivity index (χ0n) is 11.2. The van der Waals surface area contributed by atoms with Gasteiger partial charge in [0.25, 0.3) is 0 Å². The highest BCUT2D eigenvalue weighted by molar-refractivity contribution is 6.10. The Morgan fingerprint density at radius 1 is 0.800 bits per heavy atom. The summed E-state index contributed by atoms with van der Waals surface area (Å²) in [7, 11) is 0. The number of nitrogens with zero attached hydrogens (tertiary/aromatic N) is 1. The summed E-state index contributed by atoms with van der Waals surface area (Å²) in [4.78, 5) is 0. The molecule has 1 fully saturated rings. The lowest BCUT2D eigenvalue weighted by molar-refractivity contribution is 0.969. The summed E-state index contributed by atoms with van der Waals surface area (Å²) < 4.78 is 2.41. The van der Waals surface area contributed by atoms with Crippen molar-refractivity contribution in [3.63, 3.8) is 0 Å². The molecule has 2 aliphatic rings. The fourth-order valence-electron chi connectivity index (χ4n) is 3.50. The largest absolute Gasteiger partial charge is 0.310 e. The van der Waals surface area contributed by atoms with Crippen molar-refractivity contribution in [3.05, 3.63) is 66.8 Å². The molecule has 0 amide bonds. The van der Waals surface area contributed by atoms with Crippen molar-refractivity contribution in [2.75, 3.05) is 0 Å². The lowest BCUT2D eigenvalue weighted by Gasteiger charge is -2.11. The van der Waals surface area contributed by atoms with Crippen LogP contribution in [-0.2, 0) is 0 Å². The SMILES string of the molecule is C1=CC2C[C@@H]2C=C1n1c2ccccc2c2ccccc21. The molecule has 1 heterocycles. The Morgan fingerprint density at radius 3 is 2.10 bits per heavy atom. The first-order chi connectivity index (χ1) is 9.92. The molecule has 0 radical (unpaired) electrons. The van der Waals surface area contributed by atoms with E-state index in [-0.39, 0.29) is 0 Å². The van der Waals surface area contributed by atoms with Crippen LogP contribution in [-0.4, -0.2) is 4.57 Å². The first-order valence-corrected chi connectivity index (χ1v) is 7.30. The van der Waals surface area contributed by atoms with Crippen molar-refractivity contribution in [1.82, 2.24) is 4.57 Å². The lowest BCUT2D eigenvalue weighted by Crippen LogP contribution is -1.97. The van der Waals surface area contributed by atoms with Gasteiger partial charge >= 0.3 is 0 Å². The van der Waals surface area contributed by atoms with Crippen molar-refractivity contribution in [1.29, 1.82) is 0 Å². The van der Waals surface area contributed by atoms with Gasteiger partial charge in [0.05, 0.1) is 11.0 Å². The lowest BCUT2D eigenvalue weighted by atomic mass is 10.1. The second-order valence-corrected chi connectivity index (χ2v) is 5.88. The van der Waals surface area contributed by atoms with Gasteiger partial charge in [0.2, 0.25) is 0 Å². The third-order valence-corrected chi connectivity index (χ3v) is 4.63. The summed E-state index contributed by atoms with van der Waals surface area (Å²) in [6.45, 7) is 0. The summed E-state index contributed by atoms with van der Waals surface area (Å²) in [6, 6.07) is 17.4. The van der Waals surface area contributed by atoms with Crippen LogP contribution in [0.3, 0.4) is 0 Å². The molecule has 1 heteroatoms. The van der Waals surface area contributed by atoms with E-state index in [1.165, 1.54) is 33.9 Å². The number of para-hydroxylation sites is 2. The van der Waals surface area contributed by atoms with E-state index in [1.807, 2.05) is 0 Å². The molecule has 1 unspecified atom stereocenters. The highest BCUT2D eigenvalue weighted by atomic mass is 15.0. The van der Waals surface area contributed by atoms with E-state index in [4.69, 9.17) is 0 Å². The Balaban J connectivity index is 1.91. The standard InChI is InChI=1S/C19H15N/c1-3-7-18-16(5-1)17-6-2-4-8-19(17)20(18)15-10-9-13-11-14(13)12-15/h1-10,12-14H,11H2/t13?,14-/m1/s1. The van der Waals surface area contributed by atoms with Gasteiger partial charge in [-0.3, -0.25) is 0 Å². The third kappa shape index (κ3) is 1.32. The number of fused-ring (bicyclic) bond motifs is 4. The normalized spacial score (nSPS) is 23.9. The first kappa shape index (κ1) is 10.5. The van der Waals surface area contributed by atoms with E-state index < -0.39 is 0 Å². The molecule has 96 valence electrons. The minimum Gasteiger partial charge on any atom is -0.310 e. The average molecular weight is 257 g/mol. The molecule has 2 atom stereocenters. The Hall–Kier alpha value is -2.28. The van der Waals surface area contributed by atoms with Crippen LogP contribution in [0.1, 0.15) is 6.42 Å². The van der Waals surface area contributed by atoms with E-state index in [0.29, 0.717) is 0 Å². The number of hydrogen-bond donors (Lipinski definition) is 0. The number of hydrogen-bond acceptors (Lipinski definition) is 0. The molecule has 1 saturated carbocycles. The second-order valence-electron chi connectivity index (χ2n) is 5.88. The summed E-state index contributed by atoms with van der Waals surface area (Å²) in [5, 5.41) is 2.69. The Morgan fingerprint density at radius 2 is 1.45 bits per heavy atom. The maximum Gasteiger partial charge on any atom is 0.0540 e. The minimum atomic E-state index is 0.773. The molecule has 1 nitrogen and oxygen atoms in total. The molecule has 0 N–H and O–H groups in total. The van der Waals surface area contributed by atoms with Gasteiger partial charge in [0.15, 0.2) is 0 Å². The molecule has 20 heavy (non-hydrogen) atoms. The summed E-state index contributed by atoms with van der Waals surface area (Å²) >= 11 is 0. The van der Waals surface area contributed by atoms with Crippen LogP contribution in [0.4, 0.5) is 0 Å². The average Bonchev–Trinajstić information content (AvgIpc) is 3.20. The fraction of sp³-hybridized carbons (Fsp3) is 0.158. The number of aromatic nitrogens is 1. The molecule has 5 rings (SSSR count). The number of allylic oxidation sites excluding steroid dienone is 4. The van der Waals surface area contributed by atoms with E-state index in [1.54, 1.807) is 0 Å². The molecular formula is C19H15N. The van der Waals surface area contributed by atoms with Crippen LogP contribution in [0.15, 0.2) is 66.8 Å². The van der Waals surface area contributed by atoms with Crippen LogP contribution in [0.25, 0.3) is 27.5 Å². The van der Waals surface area contributed by atoms with Gasteiger partial charge in [-0.15, -0.1) is 0 Å². The van der Waals surface area contributed by atoms with E-state index in [2.05, 4.69) is 71.3 Å². The third-order valence-electron chi connectivity index (χ3n) is 4.63. The highest BCUT2D eigenvalue weighted by Gasteiger charge is 2.35. The van der Waals surface area contributed by atoms with Gasteiger partial charge in [-0.25, -0.2) is 0 Å². The molecule has 3 aromatic rings. The highest BCUT2D eigenvalue weighted by Crippen LogP contribution is 2.46. The van der Waals surface area contributed by atoms with Crippen LogP contribution in [0, 0.1) is 11.8 Å². The minimum absolute atomic E-state index is 0.773. The van der Waals surface area contributed by atoms with Crippen LogP contribution in [0.5, 0.6) is 0 Å².